The lowest BCUT2D eigenvalue weighted by atomic mass is 10.1. The Morgan fingerprint density at radius 2 is 1.91 bits per heavy atom. The van der Waals surface area contributed by atoms with Gasteiger partial charge >= 0.3 is 12.1 Å². The zero-order valence-corrected chi connectivity index (χ0v) is 11.7. The fourth-order valence-electron chi connectivity index (χ4n) is 1.84. The molecule has 23 heavy (non-hydrogen) atoms. The van der Waals surface area contributed by atoms with Gasteiger partial charge in [-0.1, -0.05) is 12.1 Å². The molecule has 0 unspecified atom stereocenters. The van der Waals surface area contributed by atoms with E-state index >= 15 is 0 Å². The van der Waals surface area contributed by atoms with Crippen LogP contribution < -0.4 is 5.32 Å². The molecule has 2 aromatic rings. The second-order valence-corrected chi connectivity index (χ2v) is 4.61. The predicted molar refractivity (Wildman–Crippen MR) is 73.9 cm³/mol. The summed E-state index contributed by atoms with van der Waals surface area (Å²) >= 11 is 0. The molecular formula is C14H12F3N3O3. The molecule has 0 aliphatic heterocycles. The molecule has 9 heteroatoms. The van der Waals surface area contributed by atoms with Crippen molar-refractivity contribution in [2.45, 2.75) is 19.1 Å². The molecule has 1 aromatic heterocycles. The number of carbonyl (C=O) groups excluding carboxylic acids is 1. The summed E-state index contributed by atoms with van der Waals surface area (Å²) in [4.78, 5) is 22.4. The summed E-state index contributed by atoms with van der Waals surface area (Å²) in [5.74, 6) is -1.83. The number of alkyl halides is 3. The van der Waals surface area contributed by atoms with Gasteiger partial charge in [0, 0.05) is 6.20 Å². The number of halogens is 3. The molecule has 0 saturated carbocycles. The summed E-state index contributed by atoms with van der Waals surface area (Å²) in [7, 11) is 0. The van der Waals surface area contributed by atoms with E-state index in [1.54, 1.807) is 0 Å². The highest BCUT2D eigenvalue weighted by molar-refractivity contribution is 6.03. The topological polar surface area (TPSA) is 84.2 Å². The largest absolute Gasteiger partial charge is 0.481 e. The van der Waals surface area contributed by atoms with E-state index < -0.39 is 23.6 Å². The van der Waals surface area contributed by atoms with Crippen molar-refractivity contribution in [1.29, 1.82) is 0 Å². The fourth-order valence-corrected chi connectivity index (χ4v) is 1.84. The minimum absolute atomic E-state index is 0.0573. The highest BCUT2D eigenvalue weighted by Crippen LogP contribution is 2.34. The molecule has 1 aromatic carbocycles. The number of para-hydroxylation sites is 1. The van der Waals surface area contributed by atoms with Crippen LogP contribution in [0.3, 0.4) is 0 Å². The summed E-state index contributed by atoms with van der Waals surface area (Å²) in [5.41, 5.74) is -1.43. The number of aromatic nitrogens is 2. The van der Waals surface area contributed by atoms with Crippen LogP contribution in [-0.2, 0) is 17.5 Å². The number of hydrogen-bond donors (Lipinski definition) is 2. The lowest BCUT2D eigenvalue weighted by Crippen LogP contribution is -2.17. The van der Waals surface area contributed by atoms with Crippen LogP contribution in [-0.4, -0.2) is 26.8 Å². The van der Waals surface area contributed by atoms with Crippen LogP contribution >= 0.6 is 0 Å². The van der Waals surface area contributed by atoms with E-state index in [9.17, 15) is 22.8 Å². The van der Waals surface area contributed by atoms with Gasteiger partial charge in [-0.25, -0.2) is 0 Å². The number of nitrogens with one attached hydrogen (secondary N) is 1. The minimum atomic E-state index is -4.59. The third kappa shape index (κ3) is 4.31. The molecule has 0 atom stereocenters. The number of carbonyl (C=O) groups is 2. The predicted octanol–water partition coefficient (Wildman–Crippen LogP) is 2.63. The van der Waals surface area contributed by atoms with E-state index in [0.717, 1.165) is 12.1 Å². The van der Waals surface area contributed by atoms with Gasteiger partial charge in [-0.2, -0.15) is 18.3 Å². The Labute approximate surface area is 128 Å². The van der Waals surface area contributed by atoms with Crippen molar-refractivity contribution in [3.8, 4) is 0 Å². The van der Waals surface area contributed by atoms with E-state index in [1.165, 1.54) is 29.1 Å². The number of anilines is 1. The maximum atomic E-state index is 12.9. The van der Waals surface area contributed by atoms with Crippen LogP contribution in [0.4, 0.5) is 18.9 Å². The van der Waals surface area contributed by atoms with Crippen LogP contribution in [0.5, 0.6) is 0 Å². The second-order valence-electron chi connectivity index (χ2n) is 4.61. The Hall–Kier alpha value is -2.84. The standard InChI is InChI=1S/C14H12F3N3O3/c15-14(16,17)9-3-1-2-4-10(9)18-13(23)11-5-7-20(19-11)8-6-12(21)22/h1-5,7H,6,8H2,(H,18,23)(H,21,22). The quantitative estimate of drug-likeness (QED) is 0.884. The van der Waals surface area contributed by atoms with Crippen LogP contribution in [0.15, 0.2) is 36.5 Å². The molecule has 122 valence electrons. The zero-order chi connectivity index (χ0) is 17.0. The maximum absolute atomic E-state index is 12.9. The zero-order valence-electron chi connectivity index (χ0n) is 11.7. The molecule has 2 rings (SSSR count). The first-order chi connectivity index (χ1) is 10.8. The third-order valence-electron chi connectivity index (χ3n) is 2.91. The van der Waals surface area contributed by atoms with Gasteiger partial charge in [0.2, 0.25) is 0 Å². The average molecular weight is 327 g/mol. The summed E-state index contributed by atoms with van der Waals surface area (Å²) in [6.07, 6.45) is -3.39. The molecule has 0 aliphatic carbocycles. The molecule has 0 fully saturated rings. The van der Waals surface area contributed by atoms with Crippen molar-refractivity contribution in [3.63, 3.8) is 0 Å². The molecule has 0 spiro atoms. The first kappa shape index (κ1) is 16.5. The monoisotopic (exact) mass is 327 g/mol. The summed E-state index contributed by atoms with van der Waals surface area (Å²) in [5, 5.41) is 14.6. The van der Waals surface area contributed by atoms with Gasteiger partial charge in [-0.3, -0.25) is 14.3 Å². The van der Waals surface area contributed by atoms with Crippen molar-refractivity contribution in [3.05, 3.63) is 47.8 Å². The third-order valence-corrected chi connectivity index (χ3v) is 2.91. The van der Waals surface area contributed by atoms with E-state index in [0.29, 0.717) is 0 Å². The average Bonchev–Trinajstić information content (AvgIpc) is 2.93. The Balaban J connectivity index is 2.13. The van der Waals surface area contributed by atoms with E-state index in [1.807, 2.05) is 0 Å². The lowest BCUT2D eigenvalue weighted by molar-refractivity contribution is -0.138. The Kier molecular flexibility index (Phi) is 4.68. The molecule has 0 saturated heterocycles. The van der Waals surface area contributed by atoms with Crippen molar-refractivity contribution in [2.24, 2.45) is 0 Å². The maximum Gasteiger partial charge on any atom is 0.418 e. The number of carboxylic acids is 1. The highest BCUT2D eigenvalue weighted by Gasteiger charge is 2.33. The van der Waals surface area contributed by atoms with Crippen LogP contribution in [0.2, 0.25) is 0 Å². The van der Waals surface area contributed by atoms with Crippen molar-refractivity contribution in [1.82, 2.24) is 9.78 Å². The minimum Gasteiger partial charge on any atom is -0.481 e. The molecule has 2 N–H and O–H groups in total. The highest BCUT2D eigenvalue weighted by atomic mass is 19.4. The van der Waals surface area contributed by atoms with Crippen molar-refractivity contribution >= 4 is 17.6 Å². The van der Waals surface area contributed by atoms with Crippen LogP contribution in [0.1, 0.15) is 22.5 Å². The number of benzene rings is 1. The number of aryl methyl sites for hydroxylation is 1. The molecule has 0 bridgehead atoms. The van der Waals surface area contributed by atoms with Gasteiger partial charge in [0.25, 0.3) is 5.91 Å². The molecular weight excluding hydrogens is 315 g/mol. The Morgan fingerprint density at radius 1 is 1.22 bits per heavy atom. The van der Waals surface area contributed by atoms with Crippen molar-refractivity contribution in [2.75, 3.05) is 5.32 Å². The smallest absolute Gasteiger partial charge is 0.418 e. The normalized spacial score (nSPS) is 11.3. The van der Waals surface area contributed by atoms with Gasteiger partial charge in [0.1, 0.15) is 0 Å². The van der Waals surface area contributed by atoms with Crippen LogP contribution in [0, 0.1) is 0 Å². The number of rotatable bonds is 5. The number of amides is 1. The summed E-state index contributed by atoms with van der Waals surface area (Å²) in [6, 6.07) is 5.89. The van der Waals surface area contributed by atoms with Gasteiger partial charge in [0.15, 0.2) is 5.69 Å². The van der Waals surface area contributed by atoms with Gasteiger partial charge in [-0.05, 0) is 18.2 Å². The SMILES string of the molecule is O=C(O)CCn1ccc(C(=O)Nc2ccccc2C(F)(F)F)n1. The number of nitrogens with zero attached hydrogens (tertiary/aromatic N) is 2. The van der Waals surface area contributed by atoms with Crippen molar-refractivity contribution < 1.29 is 27.9 Å². The van der Waals surface area contributed by atoms with Gasteiger partial charge < -0.3 is 10.4 Å². The van der Waals surface area contributed by atoms with Crippen LogP contribution in [0.25, 0.3) is 0 Å². The number of hydrogen-bond acceptors (Lipinski definition) is 3. The summed E-state index contributed by atoms with van der Waals surface area (Å²) < 4.78 is 39.8. The van der Waals surface area contributed by atoms with Gasteiger partial charge in [0.05, 0.1) is 24.2 Å². The number of carboxylic acid groups (broad SMARTS) is 1. The Morgan fingerprint density at radius 3 is 2.57 bits per heavy atom. The molecule has 6 nitrogen and oxygen atoms in total. The number of aliphatic carboxylic acids is 1. The van der Waals surface area contributed by atoms with E-state index in [2.05, 4.69) is 10.4 Å². The molecule has 1 heterocycles. The second kappa shape index (κ2) is 6.51. The lowest BCUT2D eigenvalue weighted by Gasteiger charge is -2.12. The fraction of sp³-hybridized carbons (Fsp3) is 0.214. The Bertz CT molecular complexity index is 725. The van der Waals surface area contributed by atoms with Gasteiger partial charge in [-0.15, -0.1) is 0 Å². The summed E-state index contributed by atoms with van der Waals surface area (Å²) in [6.45, 7) is 0.0573. The first-order valence-corrected chi connectivity index (χ1v) is 6.50. The molecule has 1 amide bonds. The van der Waals surface area contributed by atoms with E-state index in [4.69, 9.17) is 5.11 Å². The first-order valence-electron chi connectivity index (χ1n) is 6.50. The van der Waals surface area contributed by atoms with E-state index in [-0.39, 0.29) is 24.3 Å². The molecule has 0 radical (unpaired) electrons. The molecule has 0 aliphatic rings.